The minimum absolute atomic E-state index is 0.0930. The smallest absolute Gasteiger partial charge is 0.144 e. The summed E-state index contributed by atoms with van der Waals surface area (Å²) in [5, 5.41) is 0. The number of imidazole rings is 1. The van der Waals surface area contributed by atoms with Gasteiger partial charge in [0.25, 0.3) is 0 Å². The molecule has 0 spiro atoms. The van der Waals surface area contributed by atoms with Crippen molar-refractivity contribution in [3.8, 4) is 17.1 Å². The first kappa shape index (κ1) is 20.4. The van der Waals surface area contributed by atoms with Crippen LogP contribution in [0.4, 0.5) is 0 Å². The predicted molar refractivity (Wildman–Crippen MR) is 120 cm³/mol. The Morgan fingerprint density at radius 3 is 1.89 bits per heavy atom. The van der Waals surface area contributed by atoms with Gasteiger partial charge in [0, 0.05) is 17.4 Å². The van der Waals surface area contributed by atoms with Crippen molar-refractivity contribution in [1.29, 1.82) is 0 Å². The molecule has 2 aromatic carbocycles. The molecule has 0 unspecified atom stereocenters. The lowest BCUT2D eigenvalue weighted by Crippen LogP contribution is -2.17. The van der Waals surface area contributed by atoms with E-state index in [1.165, 1.54) is 16.8 Å². The van der Waals surface area contributed by atoms with E-state index in [0.717, 1.165) is 29.9 Å². The maximum absolute atomic E-state index is 4.99. The normalized spacial score (nSPS) is 12.4. The standard InChI is InChI=1S/C26H34N2/c1-8-12-22-18-28(24(27-22)19-13-10-9-11-14-19)23-16-20(25(2,3)4)15-21(17-23)26(5,6)7/h9-11,13-18H,8,12H2,1-7H3. The van der Waals surface area contributed by atoms with Crippen LogP contribution in [0.25, 0.3) is 17.1 Å². The molecule has 0 atom stereocenters. The molecule has 0 saturated carbocycles. The molecule has 0 radical (unpaired) electrons. The SMILES string of the molecule is CCCc1cn(-c2cc(C(C)(C)C)cc(C(C)(C)C)c2)c(-c2ccccc2)n1. The van der Waals surface area contributed by atoms with Crippen molar-refractivity contribution in [1.82, 2.24) is 9.55 Å². The number of rotatable bonds is 4. The molecule has 0 aliphatic rings. The molecule has 1 aromatic heterocycles. The Morgan fingerprint density at radius 1 is 0.821 bits per heavy atom. The van der Waals surface area contributed by atoms with Crippen molar-refractivity contribution < 1.29 is 0 Å². The van der Waals surface area contributed by atoms with Gasteiger partial charge in [-0.25, -0.2) is 4.98 Å². The van der Waals surface area contributed by atoms with Crippen molar-refractivity contribution in [3.63, 3.8) is 0 Å². The van der Waals surface area contributed by atoms with Crippen LogP contribution in [-0.4, -0.2) is 9.55 Å². The Balaban J connectivity index is 2.25. The Labute approximate surface area is 170 Å². The average Bonchev–Trinajstić information content (AvgIpc) is 3.05. The van der Waals surface area contributed by atoms with Gasteiger partial charge >= 0.3 is 0 Å². The molecule has 1 heterocycles. The molecular weight excluding hydrogens is 340 g/mol. The van der Waals surface area contributed by atoms with Gasteiger partial charge in [-0.1, -0.05) is 91.3 Å². The molecule has 0 fully saturated rings. The summed E-state index contributed by atoms with van der Waals surface area (Å²) in [4.78, 5) is 4.99. The highest BCUT2D eigenvalue weighted by Crippen LogP contribution is 2.33. The van der Waals surface area contributed by atoms with Gasteiger partial charge in [-0.3, -0.25) is 4.57 Å². The van der Waals surface area contributed by atoms with Gasteiger partial charge in [-0.2, -0.15) is 0 Å². The Bertz CT molecular complexity index is 903. The van der Waals surface area contributed by atoms with E-state index in [2.05, 4.69) is 108 Å². The first-order valence-electron chi connectivity index (χ1n) is 10.4. The number of hydrogen-bond acceptors (Lipinski definition) is 1. The van der Waals surface area contributed by atoms with E-state index in [9.17, 15) is 0 Å². The highest BCUT2D eigenvalue weighted by atomic mass is 15.1. The fourth-order valence-electron chi connectivity index (χ4n) is 3.41. The quantitative estimate of drug-likeness (QED) is 0.477. The third-order valence-corrected chi connectivity index (χ3v) is 5.22. The van der Waals surface area contributed by atoms with Crippen LogP contribution in [0.2, 0.25) is 0 Å². The summed E-state index contributed by atoms with van der Waals surface area (Å²) >= 11 is 0. The monoisotopic (exact) mass is 374 g/mol. The number of hydrogen-bond donors (Lipinski definition) is 0. The average molecular weight is 375 g/mol. The van der Waals surface area contributed by atoms with Gasteiger partial charge in [0.2, 0.25) is 0 Å². The minimum Gasteiger partial charge on any atom is -0.299 e. The lowest BCUT2D eigenvalue weighted by Gasteiger charge is -2.26. The second-order valence-electron chi connectivity index (χ2n) is 9.81. The summed E-state index contributed by atoms with van der Waals surface area (Å²) < 4.78 is 2.28. The highest BCUT2D eigenvalue weighted by Gasteiger charge is 2.22. The largest absolute Gasteiger partial charge is 0.299 e. The second-order valence-corrected chi connectivity index (χ2v) is 9.81. The third-order valence-electron chi connectivity index (χ3n) is 5.22. The fourth-order valence-corrected chi connectivity index (χ4v) is 3.41. The van der Waals surface area contributed by atoms with Crippen LogP contribution in [-0.2, 0) is 17.3 Å². The van der Waals surface area contributed by atoms with Crippen molar-refractivity contribution >= 4 is 0 Å². The van der Waals surface area contributed by atoms with Gasteiger partial charge in [-0.05, 0) is 40.5 Å². The fraction of sp³-hybridized carbons (Fsp3) is 0.423. The van der Waals surface area contributed by atoms with Crippen LogP contribution in [0.1, 0.15) is 71.7 Å². The molecule has 0 amide bonds. The topological polar surface area (TPSA) is 17.8 Å². The zero-order valence-electron chi connectivity index (χ0n) is 18.5. The van der Waals surface area contributed by atoms with Gasteiger partial charge in [0.15, 0.2) is 0 Å². The number of aromatic nitrogens is 2. The van der Waals surface area contributed by atoms with Crippen molar-refractivity contribution in [3.05, 3.63) is 71.5 Å². The van der Waals surface area contributed by atoms with Crippen molar-refractivity contribution in [2.75, 3.05) is 0 Å². The Morgan fingerprint density at radius 2 is 1.39 bits per heavy atom. The van der Waals surface area contributed by atoms with Crippen LogP contribution in [0.3, 0.4) is 0 Å². The molecule has 28 heavy (non-hydrogen) atoms. The summed E-state index contributed by atoms with van der Waals surface area (Å²) in [6.45, 7) is 15.9. The first-order chi connectivity index (χ1) is 13.1. The third kappa shape index (κ3) is 4.38. The van der Waals surface area contributed by atoms with Gasteiger partial charge in [-0.15, -0.1) is 0 Å². The van der Waals surface area contributed by atoms with Gasteiger partial charge in [0.1, 0.15) is 5.82 Å². The minimum atomic E-state index is 0.0930. The summed E-state index contributed by atoms with van der Waals surface area (Å²) in [6, 6.07) is 17.6. The number of aryl methyl sites for hydroxylation is 1. The molecule has 0 aliphatic heterocycles. The maximum atomic E-state index is 4.99. The van der Waals surface area contributed by atoms with E-state index in [-0.39, 0.29) is 10.8 Å². The van der Waals surface area contributed by atoms with E-state index in [4.69, 9.17) is 4.98 Å². The van der Waals surface area contributed by atoms with E-state index < -0.39 is 0 Å². The highest BCUT2D eigenvalue weighted by molar-refractivity contribution is 5.60. The van der Waals surface area contributed by atoms with E-state index in [0.29, 0.717) is 0 Å². The molecule has 2 heteroatoms. The van der Waals surface area contributed by atoms with Gasteiger partial charge in [0.05, 0.1) is 5.69 Å². The molecule has 0 N–H and O–H groups in total. The zero-order valence-corrected chi connectivity index (χ0v) is 18.5. The first-order valence-corrected chi connectivity index (χ1v) is 10.4. The van der Waals surface area contributed by atoms with Crippen LogP contribution < -0.4 is 0 Å². The Kier molecular flexibility index (Phi) is 5.52. The molecule has 0 aliphatic carbocycles. The van der Waals surface area contributed by atoms with E-state index in [1.54, 1.807) is 0 Å². The Hall–Kier alpha value is -2.35. The van der Waals surface area contributed by atoms with Gasteiger partial charge < -0.3 is 0 Å². The lowest BCUT2D eigenvalue weighted by molar-refractivity contribution is 0.567. The van der Waals surface area contributed by atoms with Crippen LogP contribution in [0.5, 0.6) is 0 Å². The summed E-state index contributed by atoms with van der Waals surface area (Å²) in [5.41, 5.74) is 6.42. The van der Waals surface area contributed by atoms with Crippen LogP contribution in [0, 0.1) is 0 Å². The van der Waals surface area contributed by atoms with E-state index >= 15 is 0 Å². The van der Waals surface area contributed by atoms with E-state index in [1.807, 2.05) is 0 Å². The van der Waals surface area contributed by atoms with Crippen molar-refractivity contribution in [2.24, 2.45) is 0 Å². The van der Waals surface area contributed by atoms with Crippen LogP contribution in [0.15, 0.2) is 54.7 Å². The number of nitrogens with zero attached hydrogens (tertiary/aromatic N) is 2. The zero-order chi connectivity index (χ0) is 20.5. The molecule has 0 saturated heterocycles. The molecule has 3 aromatic rings. The van der Waals surface area contributed by atoms with Crippen molar-refractivity contribution in [2.45, 2.75) is 72.1 Å². The maximum Gasteiger partial charge on any atom is 0.144 e. The predicted octanol–water partition coefficient (Wildman–Crippen LogP) is 7.09. The summed E-state index contributed by atoms with van der Waals surface area (Å²) in [6.07, 6.45) is 4.32. The number of benzene rings is 2. The summed E-state index contributed by atoms with van der Waals surface area (Å²) in [5.74, 6) is 1.02. The summed E-state index contributed by atoms with van der Waals surface area (Å²) in [7, 11) is 0. The molecular formula is C26H34N2. The van der Waals surface area contributed by atoms with Crippen LogP contribution >= 0.6 is 0 Å². The molecule has 3 rings (SSSR count). The molecule has 148 valence electrons. The molecule has 2 nitrogen and oxygen atoms in total. The second kappa shape index (κ2) is 7.58. The molecule has 0 bridgehead atoms. The lowest BCUT2D eigenvalue weighted by atomic mass is 9.80.